The normalized spacial score (nSPS) is 15.4. The van der Waals surface area contributed by atoms with E-state index in [1.165, 1.54) is 12.8 Å². The standard InChI is InChI=1S/C12H21N5O/c1-12(2,11(13)18)8-14-7-10-16-15-9-5-3-4-6-17(9)10/h14H,3-8H2,1-2H3,(H2,13,18). The van der Waals surface area contributed by atoms with Crippen molar-refractivity contribution in [2.45, 2.75) is 46.2 Å². The van der Waals surface area contributed by atoms with Crippen molar-refractivity contribution in [1.29, 1.82) is 0 Å². The molecule has 1 aromatic heterocycles. The minimum Gasteiger partial charge on any atom is -0.369 e. The van der Waals surface area contributed by atoms with Crippen LogP contribution in [0.25, 0.3) is 0 Å². The summed E-state index contributed by atoms with van der Waals surface area (Å²) in [5.41, 5.74) is 4.79. The lowest BCUT2D eigenvalue weighted by Crippen LogP contribution is -2.40. The fraction of sp³-hybridized carbons (Fsp3) is 0.750. The zero-order valence-corrected chi connectivity index (χ0v) is 11.1. The Labute approximate surface area is 107 Å². The number of hydrogen-bond acceptors (Lipinski definition) is 4. The number of amides is 1. The Balaban J connectivity index is 1.91. The van der Waals surface area contributed by atoms with Gasteiger partial charge in [-0.2, -0.15) is 0 Å². The van der Waals surface area contributed by atoms with E-state index < -0.39 is 5.41 Å². The highest BCUT2D eigenvalue weighted by Crippen LogP contribution is 2.15. The Morgan fingerprint density at radius 2 is 2.22 bits per heavy atom. The SMILES string of the molecule is CC(C)(CNCc1nnc2n1CCCC2)C(N)=O. The maximum atomic E-state index is 11.2. The number of primary amides is 1. The summed E-state index contributed by atoms with van der Waals surface area (Å²) in [5, 5.41) is 11.6. The monoisotopic (exact) mass is 251 g/mol. The first-order valence-electron chi connectivity index (χ1n) is 6.42. The minimum absolute atomic E-state index is 0.293. The van der Waals surface area contributed by atoms with Crippen molar-refractivity contribution in [2.75, 3.05) is 6.54 Å². The molecule has 0 radical (unpaired) electrons. The Bertz CT molecular complexity index is 438. The van der Waals surface area contributed by atoms with Gasteiger partial charge >= 0.3 is 0 Å². The van der Waals surface area contributed by atoms with Gasteiger partial charge in [0.05, 0.1) is 12.0 Å². The Hall–Kier alpha value is -1.43. The Morgan fingerprint density at radius 3 is 2.94 bits per heavy atom. The maximum absolute atomic E-state index is 11.2. The molecule has 0 atom stereocenters. The van der Waals surface area contributed by atoms with Gasteiger partial charge in [-0.05, 0) is 26.7 Å². The molecule has 0 aliphatic carbocycles. The molecule has 1 aliphatic heterocycles. The molecule has 0 fully saturated rings. The van der Waals surface area contributed by atoms with Gasteiger partial charge in [0.2, 0.25) is 5.91 Å². The first-order valence-corrected chi connectivity index (χ1v) is 6.42. The summed E-state index contributed by atoms with van der Waals surface area (Å²) in [5.74, 6) is 1.73. The average molecular weight is 251 g/mol. The zero-order chi connectivity index (χ0) is 13.2. The number of carbonyl (C=O) groups excluding carboxylic acids is 1. The van der Waals surface area contributed by atoms with Gasteiger partial charge < -0.3 is 15.6 Å². The minimum atomic E-state index is -0.537. The number of fused-ring (bicyclic) bond motifs is 1. The van der Waals surface area contributed by atoms with Gasteiger partial charge in [0.1, 0.15) is 11.6 Å². The molecule has 1 aromatic rings. The summed E-state index contributed by atoms with van der Waals surface area (Å²) >= 11 is 0. The first kappa shape index (κ1) is 13.0. The van der Waals surface area contributed by atoms with Gasteiger partial charge in [0.15, 0.2) is 0 Å². The van der Waals surface area contributed by atoms with E-state index in [4.69, 9.17) is 5.73 Å². The summed E-state index contributed by atoms with van der Waals surface area (Å²) in [4.78, 5) is 11.2. The number of nitrogens with one attached hydrogen (secondary N) is 1. The molecule has 2 heterocycles. The van der Waals surface area contributed by atoms with E-state index in [1.807, 2.05) is 13.8 Å². The van der Waals surface area contributed by atoms with Crippen molar-refractivity contribution in [3.8, 4) is 0 Å². The van der Waals surface area contributed by atoms with Crippen molar-refractivity contribution in [2.24, 2.45) is 11.1 Å². The molecule has 0 unspecified atom stereocenters. The second-order valence-electron chi connectivity index (χ2n) is 5.49. The third-order valence-corrected chi connectivity index (χ3v) is 3.45. The number of aromatic nitrogens is 3. The number of nitrogens with zero attached hydrogens (tertiary/aromatic N) is 3. The molecule has 1 aliphatic rings. The quantitative estimate of drug-likeness (QED) is 0.783. The van der Waals surface area contributed by atoms with E-state index in [2.05, 4.69) is 20.1 Å². The van der Waals surface area contributed by atoms with Crippen LogP contribution in [0.3, 0.4) is 0 Å². The highest BCUT2D eigenvalue weighted by atomic mass is 16.1. The highest BCUT2D eigenvalue weighted by Gasteiger charge is 2.24. The molecular formula is C12H21N5O. The van der Waals surface area contributed by atoms with Gasteiger partial charge in [0.25, 0.3) is 0 Å². The van der Waals surface area contributed by atoms with E-state index in [9.17, 15) is 4.79 Å². The van der Waals surface area contributed by atoms with Crippen LogP contribution in [-0.2, 0) is 24.3 Å². The number of nitrogens with two attached hydrogens (primary N) is 1. The second kappa shape index (κ2) is 5.06. The third-order valence-electron chi connectivity index (χ3n) is 3.45. The van der Waals surface area contributed by atoms with Gasteiger partial charge in [-0.15, -0.1) is 10.2 Å². The topological polar surface area (TPSA) is 85.8 Å². The lowest BCUT2D eigenvalue weighted by molar-refractivity contribution is -0.125. The van der Waals surface area contributed by atoms with Crippen molar-refractivity contribution in [3.63, 3.8) is 0 Å². The molecule has 0 saturated carbocycles. The van der Waals surface area contributed by atoms with Gasteiger partial charge in [-0.25, -0.2) is 0 Å². The van der Waals surface area contributed by atoms with Crippen molar-refractivity contribution < 1.29 is 4.79 Å². The lowest BCUT2D eigenvalue weighted by Gasteiger charge is -2.21. The molecular weight excluding hydrogens is 230 g/mol. The lowest BCUT2D eigenvalue weighted by atomic mass is 9.93. The van der Waals surface area contributed by atoms with Gasteiger partial charge in [-0.3, -0.25) is 4.79 Å². The van der Waals surface area contributed by atoms with Crippen LogP contribution in [0.5, 0.6) is 0 Å². The van der Waals surface area contributed by atoms with E-state index in [0.29, 0.717) is 13.1 Å². The molecule has 0 spiro atoms. The predicted octanol–water partition coefficient (Wildman–Crippen LogP) is 0.216. The van der Waals surface area contributed by atoms with Crippen LogP contribution in [0, 0.1) is 5.41 Å². The molecule has 0 bridgehead atoms. The summed E-state index contributed by atoms with van der Waals surface area (Å²) in [6.45, 7) is 5.84. The molecule has 2 rings (SSSR count). The third kappa shape index (κ3) is 2.69. The highest BCUT2D eigenvalue weighted by molar-refractivity contribution is 5.80. The molecule has 0 aromatic carbocycles. The fourth-order valence-corrected chi connectivity index (χ4v) is 2.07. The van der Waals surface area contributed by atoms with Crippen LogP contribution in [0.4, 0.5) is 0 Å². The van der Waals surface area contributed by atoms with E-state index in [1.54, 1.807) is 0 Å². The van der Waals surface area contributed by atoms with Crippen molar-refractivity contribution in [3.05, 3.63) is 11.6 Å². The maximum Gasteiger partial charge on any atom is 0.224 e. The summed E-state index contributed by atoms with van der Waals surface area (Å²) in [7, 11) is 0. The molecule has 18 heavy (non-hydrogen) atoms. The molecule has 6 heteroatoms. The van der Waals surface area contributed by atoms with E-state index in [0.717, 1.165) is 24.6 Å². The number of aryl methyl sites for hydroxylation is 1. The van der Waals surface area contributed by atoms with Crippen LogP contribution in [0.1, 0.15) is 38.3 Å². The predicted molar refractivity (Wildman–Crippen MR) is 67.6 cm³/mol. The van der Waals surface area contributed by atoms with Crippen molar-refractivity contribution in [1.82, 2.24) is 20.1 Å². The van der Waals surface area contributed by atoms with E-state index in [-0.39, 0.29) is 5.91 Å². The van der Waals surface area contributed by atoms with Gasteiger partial charge in [0, 0.05) is 19.5 Å². The number of hydrogen-bond donors (Lipinski definition) is 2. The summed E-state index contributed by atoms with van der Waals surface area (Å²) in [6.07, 6.45) is 3.39. The molecule has 6 nitrogen and oxygen atoms in total. The zero-order valence-electron chi connectivity index (χ0n) is 11.1. The molecule has 1 amide bonds. The van der Waals surface area contributed by atoms with Crippen LogP contribution in [0.2, 0.25) is 0 Å². The second-order valence-corrected chi connectivity index (χ2v) is 5.49. The molecule has 3 N–H and O–H groups in total. The van der Waals surface area contributed by atoms with Crippen LogP contribution >= 0.6 is 0 Å². The van der Waals surface area contributed by atoms with Gasteiger partial charge in [-0.1, -0.05) is 0 Å². The van der Waals surface area contributed by atoms with Crippen LogP contribution in [-0.4, -0.2) is 27.2 Å². The molecule has 100 valence electrons. The van der Waals surface area contributed by atoms with E-state index >= 15 is 0 Å². The summed E-state index contributed by atoms with van der Waals surface area (Å²) < 4.78 is 2.17. The summed E-state index contributed by atoms with van der Waals surface area (Å²) in [6, 6.07) is 0. The van der Waals surface area contributed by atoms with Crippen LogP contribution in [0.15, 0.2) is 0 Å². The van der Waals surface area contributed by atoms with Crippen molar-refractivity contribution >= 4 is 5.91 Å². The molecule has 0 saturated heterocycles. The number of carbonyl (C=O) groups is 1. The average Bonchev–Trinajstić information content (AvgIpc) is 2.72. The Morgan fingerprint density at radius 1 is 1.44 bits per heavy atom. The largest absolute Gasteiger partial charge is 0.369 e. The fourth-order valence-electron chi connectivity index (χ4n) is 2.07. The first-order chi connectivity index (χ1) is 8.50. The smallest absolute Gasteiger partial charge is 0.224 e. The Kier molecular flexibility index (Phi) is 3.65. The van der Waals surface area contributed by atoms with Crippen LogP contribution < -0.4 is 11.1 Å². The number of rotatable bonds is 5.